The van der Waals surface area contributed by atoms with Crippen LogP contribution in [0.25, 0.3) is 11.1 Å². The first-order valence-electron chi connectivity index (χ1n) is 22.8. The third-order valence-corrected chi connectivity index (χ3v) is 10.9. The van der Waals surface area contributed by atoms with Gasteiger partial charge in [-0.3, -0.25) is 34.3 Å². The first-order chi connectivity index (χ1) is 30.2. The highest BCUT2D eigenvalue weighted by atomic mass is 19.1. The van der Waals surface area contributed by atoms with Crippen molar-refractivity contribution in [2.75, 3.05) is 55.4 Å². The molecule has 4 heterocycles. The number of anilines is 2. The molecule has 1 unspecified atom stereocenters. The molecule has 3 saturated heterocycles. The van der Waals surface area contributed by atoms with Gasteiger partial charge in [-0.05, 0) is 95.8 Å². The van der Waals surface area contributed by atoms with Gasteiger partial charge >= 0.3 is 0 Å². The van der Waals surface area contributed by atoms with Crippen LogP contribution >= 0.6 is 0 Å². The van der Waals surface area contributed by atoms with Crippen LogP contribution in [0.2, 0.25) is 0 Å². The summed E-state index contributed by atoms with van der Waals surface area (Å²) in [5.41, 5.74) is 4.08. The maximum absolute atomic E-state index is 16.1. The molecule has 4 aliphatic rings. The van der Waals surface area contributed by atoms with Gasteiger partial charge in [0.15, 0.2) is 0 Å². The van der Waals surface area contributed by atoms with Gasteiger partial charge in [0.05, 0.1) is 22.3 Å². The lowest BCUT2D eigenvalue weighted by Gasteiger charge is -2.40. The quantitative estimate of drug-likeness (QED) is 0.150. The van der Waals surface area contributed by atoms with Crippen LogP contribution in [0.15, 0.2) is 91.0 Å². The number of carbonyl (C=O) groups is 4. The lowest BCUT2D eigenvalue weighted by Crippen LogP contribution is -2.54. The van der Waals surface area contributed by atoms with Crippen molar-refractivity contribution in [3.8, 4) is 5.75 Å². The minimum absolute atomic E-state index is 0.0242. The van der Waals surface area contributed by atoms with E-state index in [1.807, 2.05) is 59.9 Å². The Bertz CT molecular complexity index is 2520. The van der Waals surface area contributed by atoms with E-state index in [0.717, 1.165) is 39.9 Å². The number of phenolic OH excluding ortho intramolecular Hbond substituents is 1. The molecule has 3 fully saturated rings. The average molecular weight is 764 g/mol. The van der Waals surface area contributed by atoms with Crippen molar-refractivity contribution in [3.05, 3.63) is 125 Å². The SMILES string of the molecule is [2H]C1([2H])N(CC2CCN(c3ccc(C(=C(CC)c4ccccc4)c4ccc(O)cc4)cc3)CC2)C([2H])([2H])C([2H])([2H])N(c2cc3c(cc2F)C(=O)N(C2CCC(=O)NC2=O)C3=O)C1([2H])[2H]. The van der Waals surface area contributed by atoms with Gasteiger partial charge in [0, 0.05) is 63.2 Å². The summed E-state index contributed by atoms with van der Waals surface area (Å²) in [6.45, 7) is -10.8. The zero-order chi connectivity index (χ0) is 46.1. The highest BCUT2D eigenvalue weighted by Gasteiger charge is 2.45. The monoisotopic (exact) mass is 763 g/mol. The lowest BCUT2D eigenvalue weighted by molar-refractivity contribution is -0.136. The molecule has 4 aromatic rings. The van der Waals surface area contributed by atoms with E-state index in [2.05, 4.69) is 24.0 Å². The lowest BCUT2D eigenvalue weighted by atomic mass is 9.88. The summed E-state index contributed by atoms with van der Waals surface area (Å²) in [6, 6.07) is 25.2. The fourth-order valence-electron chi connectivity index (χ4n) is 7.92. The predicted molar refractivity (Wildman–Crippen MR) is 214 cm³/mol. The second-order valence-corrected chi connectivity index (χ2v) is 14.3. The molecule has 8 rings (SSSR count). The minimum Gasteiger partial charge on any atom is -0.508 e. The molecule has 1 atom stereocenters. The number of carbonyl (C=O) groups excluding carboxylic acids is 4. The number of halogens is 1. The number of rotatable bonds is 9. The molecule has 288 valence electrons. The fraction of sp³-hybridized carbons (Fsp3) is 0.333. The van der Waals surface area contributed by atoms with E-state index < -0.39 is 78.3 Å². The Hall–Kier alpha value is -5.81. The predicted octanol–water partition coefficient (Wildman–Crippen LogP) is 6.34. The average Bonchev–Trinajstić information content (AvgIpc) is 3.49. The van der Waals surface area contributed by atoms with Crippen LogP contribution in [0.1, 0.15) is 87.4 Å². The molecule has 4 aliphatic heterocycles. The summed E-state index contributed by atoms with van der Waals surface area (Å²) in [5, 5.41) is 12.1. The molecule has 4 aromatic carbocycles. The number of aromatic hydroxyl groups is 1. The largest absolute Gasteiger partial charge is 0.508 e. The first-order valence-corrected chi connectivity index (χ1v) is 18.8. The molecule has 11 heteroatoms. The molecule has 4 amide bonds. The Morgan fingerprint density at radius 2 is 1.41 bits per heavy atom. The molecular formula is C45H46FN5O5. The van der Waals surface area contributed by atoms with Crippen molar-refractivity contribution in [3.63, 3.8) is 0 Å². The smallest absolute Gasteiger partial charge is 0.262 e. The molecule has 2 N–H and O–H groups in total. The molecule has 10 nitrogen and oxygen atoms in total. The summed E-state index contributed by atoms with van der Waals surface area (Å²) in [5.74, 6) is -5.33. The number of benzene rings is 4. The Morgan fingerprint density at radius 3 is 2.04 bits per heavy atom. The van der Waals surface area contributed by atoms with Crippen LogP contribution < -0.4 is 15.1 Å². The molecule has 0 spiro atoms. The van der Waals surface area contributed by atoms with Crippen LogP contribution in [0.3, 0.4) is 0 Å². The Balaban J connectivity index is 1.01. The number of piperazine rings is 1. The van der Waals surface area contributed by atoms with Gasteiger partial charge in [0.1, 0.15) is 17.6 Å². The van der Waals surface area contributed by atoms with Gasteiger partial charge in [-0.1, -0.05) is 61.5 Å². The first kappa shape index (κ1) is 28.6. The summed E-state index contributed by atoms with van der Waals surface area (Å²) >= 11 is 0. The summed E-state index contributed by atoms with van der Waals surface area (Å²) < 4.78 is 88.3. The van der Waals surface area contributed by atoms with Crippen molar-refractivity contribution in [1.29, 1.82) is 0 Å². The third-order valence-electron chi connectivity index (χ3n) is 10.9. The van der Waals surface area contributed by atoms with E-state index in [4.69, 9.17) is 11.0 Å². The number of phenols is 1. The molecule has 0 bridgehead atoms. The number of imide groups is 2. The Kier molecular flexibility index (Phi) is 8.03. The molecule has 0 aromatic heterocycles. The van der Waals surface area contributed by atoms with Crippen molar-refractivity contribution >= 4 is 46.1 Å². The van der Waals surface area contributed by atoms with E-state index in [0.29, 0.717) is 47.9 Å². The molecule has 56 heavy (non-hydrogen) atoms. The van der Waals surface area contributed by atoms with Crippen molar-refractivity contribution in [2.24, 2.45) is 5.92 Å². The Labute approximate surface area is 337 Å². The van der Waals surface area contributed by atoms with Gasteiger partial charge in [0.25, 0.3) is 11.8 Å². The topological polar surface area (TPSA) is 114 Å². The Morgan fingerprint density at radius 1 is 0.786 bits per heavy atom. The molecule has 0 aliphatic carbocycles. The van der Waals surface area contributed by atoms with E-state index >= 15 is 4.39 Å². The number of nitrogens with zero attached hydrogens (tertiary/aromatic N) is 4. The van der Waals surface area contributed by atoms with Gasteiger partial charge < -0.3 is 14.9 Å². The van der Waals surface area contributed by atoms with Gasteiger partial charge in [-0.2, -0.15) is 0 Å². The molecule has 0 radical (unpaired) electrons. The van der Waals surface area contributed by atoms with Gasteiger partial charge in [-0.25, -0.2) is 4.39 Å². The van der Waals surface area contributed by atoms with Gasteiger partial charge in [-0.15, -0.1) is 0 Å². The summed E-state index contributed by atoms with van der Waals surface area (Å²) in [7, 11) is 0. The van der Waals surface area contributed by atoms with Crippen LogP contribution in [-0.2, 0) is 9.59 Å². The highest BCUT2D eigenvalue weighted by Crippen LogP contribution is 2.37. The summed E-state index contributed by atoms with van der Waals surface area (Å²) in [6.07, 6.45) is 1.26. The fourth-order valence-corrected chi connectivity index (χ4v) is 7.92. The van der Waals surface area contributed by atoms with Crippen LogP contribution in [0.4, 0.5) is 15.8 Å². The number of piperidine rings is 2. The molecule has 0 saturated carbocycles. The number of hydrogen-bond donors (Lipinski definition) is 2. The zero-order valence-corrected chi connectivity index (χ0v) is 30.7. The second-order valence-electron chi connectivity index (χ2n) is 14.3. The number of amides is 4. The minimum atomic E-state index is -3.46. The molecular weight excluding hydrogens is 710 g/mol. The number of allylic oxidation sites excluding steroid dienone is 1. The zero-order valence-electron chi connectivity index (χ0n) is 38.7. The normalized spacial score (nSPS) is 25.7. The number of hydrogen-bond acceptors (Lipinski definition) is 8. The van der Waals surface area contributed by atoms with Gasteiger partial charge in [0.2, 0.25) is 11.8 Å². The third kappa shape index (κ3) is 7.31. The maximum Gasteiger partial charge on any atom is 0.262 e. The number of fused-ring (bicyclic) bond motifs is 1. The van der Waals surface area contributed by atoms with Crippen molar-refractivity contribution < 1.29 is 39.6 Å². The van der Waals surface area contributed by atoms with E-state index in [1.165, 1.54) is 0 Å². The van der Waals surface area contributed by atoms with E-state index in [1.54, 1.807) is 12.1 Å². The highest BCUT2D eigenvalue weighted by molar-refractivity contribution is 6.23. The van der Waals surface area contributed by atoms with Crippen LogP contribution in [0.5, 0.6) is 5.75 Å². The second kappa shape index (κ2) is 15.7. The van der Waals surface area contributed by atoms with Crippen molar-refractivity contribution in [1.82, 2.24) is 15.1 Å². The van der Waals surface area contributed by atoms with Crippen molar-refractivity contribution in [2.45, 2.75) is 45.1 Å². The van der Waals surface area contributed by atoms with Crippen LogP contribution in [0, 0.1) is 11.7 Å². The number of nitrogens with one attached hydrogen (secondary N) is 1. The van der Waals surface area contributed by atoms with E-state index in [-0.39, 0.29) is 36.0 Å². The van der Waals surface area contributed by atoms with Crippen LogP contribution in [-0.4, -0.2) is 90.2 Å². The maximum atomic E-state index is 16.1. The summed E-state index contributed by atoms with van der Waals surface area (Å²) in [4.78, 5) is 54.4. The standard InChI is InChI=1S/C45H46FN5O5/c1-2-35(30-6-4-3-5-7-30)42(32-10-14-34(52)15-11-32)31-8-12-33(13-9-31)49-20-18-29(19-21-49)28-48-22-24-50(25-23-48)40-27-37-36(26-38(40)46)44(55)51(45(37)56)39-16-17-41(53)47-43(39)54/h3-15,26-27,29,39,52H,2,16-25,28H2,1H3,(H,47,53,54)/i22D2,23D2,24D2,25D2. The van der Waals surface area contributed by atoms with E-state index in [9.17, 15) is 24.3 Å².